The number of Topliss-reactive ketones (excluding diaryl/α,β-unsaturated/α-hetero) is 1. The number of anilines is 3. The molecule has 0 bridgehead atoms. The Morgan fingerprint density at radius 1 is 1.04 bits per heavy atom. The molecule has 5 nitrogen and oxygen atoms in total. The summed E-state index contributed by atoms with van der Waals surface area (Å²) >= 11 is 0. The number of carbonyl (C=O) groups excluding carboxylic acids is 2. The molecular formula is C18H21N3O2. The van der Waals surface area contributed by atoms with Gasteiger partial charge in [-0.05, 0) is 55.7 Å². The highest BCUT2D eigenvalue weighted by atomic mass is 16.2. The summed E-state index contributed by atoms with van der Waals surface area (Å²) in [6.45, 7) is 5.15. The summed E-state index contributed by atoms with van der Waals surface area (Å²) in [5.74, 6) is -0.534. The average molecular weight is 311 g/mol. The number of rotatable bonds is 4. The quantitative estimate of drug-likeness (QED) is 0.597. The fourth-order valence-corrected chi connectivity index (χ4v) is 2.38. The summed E-state index contributed by atoms with van der Waals surface area (Å²) in [5, 5.41) is 2.81. The van der Waals surface area contributed by atoms with Crippen molar-refractivity contribution in [3.05, 3.63) is 41.5 Å². The van der Waals surface area contributed by atoms with Crippen LogP contribution in [-0.2, 0) is 9.59 Å². The molecule has 0 aliphatic rings. The number of nitrogen functional groups attached to an aromatic ring is 2. The van der Waals surface area contributed by atoms with Gasteiger partial charge in [-0.15, -0.1) is 0 Å². The number of nitrogens with one attached hydrogen (secondary N) is 1. The zero-order chi connectivity index (χ0) is 17.1. The molecule has 0 saturated heterocycles. The molecule has 0 spiro atoms. The number of benzene rings is 2. The molecule has 2 rings (SSSR count). The van der Waals surface area contributed by atoms with Crippen LogP contribution in [0.4, 0.5) is 17.1 Å². The maximum absolute atomic E-state index is 12.0. The highest BCUT2D eigenvalue weighted by Crippen LogP contribution is 2.35. The van der Waals surface area contributed by atoms with Gasteiger partial charge in [0.1, 0.15) is 5.78 Å². The normalized spacial score (nSPS) is 10.4. The Balaban J connectivity index is 2.51. The van der Waals surface area contributed by atoms with Gasteiger partial charge in [0.15, 0.2) is 0 Å². The second-order valence-electron chi connectivity index (χ2n) is 5.70. The lowest BCUT2D eigenvalue weighted by Crippen LogP contribution is -2.16. The third-order valence-electron chi connectivity index (χ3n) is 3.76. The molecule has 0 fully saturated rings. The van der Waals surface area contributed by atoms with Gasteiger partial charge in [-0.3, -0.25) is 9.59 Å². The van der Waals surface area contributed by atoms with Crippen molar-refractivity contribution < 1.29 is 9.59 Å². The van der Waals surface area contributed by atoms with Crippen molar-refractivity contribution in [1.82, 2.24) is 0 Å². The maximum Gasteiger partial charge on any atom is 0.231 e. The summed E-state index contributed by atoms with van der Waals surface area (Å²) in [5.41, 5.74) is 17.2. The van der Waals surface area contributed by atoms with E-state index in [-0.39, 0.29) is 18.1 Å². The van der Waals surface area contributed by atoms with Gasteiger partial charge in [0.05, 0.1) is 12.1 Å². The zero-order valence-electron chi connectivity index (χ0n) is 13.6. The van der Waals surface area contributed by atoms with Gasteiger partial charge in [0, 0.05) is 16.9 Å². The van der Waals surface area contributed by atoms with E-state index < -0.39 is 0 Å². The van der Waals surface area contributed by atoms with Gasteiger partial charge in [0.2, 0.25) is 5.91 Å². The number of carbonyl (C=O) groups is 2. The number of ketones is 1. The highest BCUT2D eigenvalue weighted by Gasteiger charge is 2.14. The summed E-state index contributed by atoms with van der Waals surface area (Å²) in [7, 11) is 0. The maximum atomic E-state index is 12.0. The van der Waals surface area contributed by atoms with E-state index in [1.54, 1.807) is 6.07 Å². The SMILES string of the molecule is CC(=O)CC(=O)Nc1c(-c2ccc(N)c(C)c2)ccc(N)c1C. The van der Waals surface area contributed by atoms with E-state index in [4.69, 9.17) is 11.5 Å². The topological polar surface area (TPSA) is 98.2 Å². The summed E-state index contributed by atoms with van der Waals surface area (Å²) in [6.07, 6.45) is -0.158. The zero-order valence-corrected chi connectivity index (χ0v) is 13.6. The molecular weight excluding hydrogens is 290 g/mol. The molecule has 0 radical (unpaired) electrons. The molecule has 0 aliphatic heterocycles. The van der Waals surface area contributed by atoms with Crippen molar-refractivity contribution in [2.45, 2.75) is 27.2 Å². The molecule has 5 N–H and O–H groups in total. The monoisotopic (exact) mass is 311 g/mol. The van der Waals surface area contributed by atoms with E-state index in [2.05, 4.69) is 5.32 Å². The minimum Gasteiger partial charge on any atom is -0.399 e. The molecule has 2 aromatic rings. The van der Waals surface area contributed by atoms with Crippen molar-refractivity contribution in [2.24, 2.45) is 0 Å². The largest absolute Gasteiger partial charge is 0.399 e. The Morgan fingerprint density at radius 2 is 1.70 bits per heavy atom. The second-order valence-corrected chi connectivity index (χ2v) is 5.70. The third-order valence-corrected chi connectivity index (χ3v) is 3.76. The number of nitrogens with two attached hydrogens (primary N) is 2. The van der Waals surface area contributed by atoms with E-state index in [0.29, 0.717) is 17.1 Å². The first-order valence-electron chi connectivity index (χ1n) is 7.34. The predicted molar refractivity (Wildman–Crippen MR) is 94.1 cm³/mol. The van der Waals surface area contributed by atoms with Gasteiger partial charge in [-0.1, -0.05) is 12.1 Å². The highest BCUT2D eigenvalue weighted by molar-refractivity contribution is 6.06. The standard InChI is InChI=1S/C18H21N3O2/c1-10-8-13(4-6-15(10)19)14-5-7-16(20)12(3)18(14)21-17(23)9-11(2)22/h4-8H,9,19-20H2,1-3H3,(H,21,23). The molecule has 0 aliphatic carbocycles. The minimum absolute atomic E-state index is 0.158. The van der Waals surface area contributed by atoms with E-state index in [1.807, 2.05) is 38.1 Å². The Bertz CT molecular complexity index is 782. The van der Waals surface area contributed by atoms with Gasteiger partial charge < -0.3 is 16.8 Å². The molecule has 23 heavy (non-hydrogen) atoms. The van der Waals surface area contributed by atoms with Crippen molar-refractivity contribution in [3.8, 4) is 11.1 Å². The van der Waals surface area contributed by atoms with Gasteiger partial charge in [-0.25, -0.2) is 0 Å². The average Bonchev–Trinajstić information content (AvgIpc) is 2.46. The molecule has 0 aromatic heterocycles. The summed E-state index contributed by atoms with van der Waals surface area (Å²) in [6, 6.07) is 9.35. The third kappa shape index (κ3) is 3.69. The van der Waals surface area contributed by atoms with Crippen LogP contribution in [-0.4, -0.2) is 11.7 Å². The Labute approximate surface area is 135 Å². The first-order chi connectivity index (χ1) is 10.8. The first kappa shape index (κ1) is 16.5. The lowest BCUT2D eigenvalue weighted by molar-refractivity contribution is -0.124. The molecule has 0 saturated carbocycles. The van der Waals surface area contributed by atoms with Gasteiger partial charge in [-0.2, -0.15) is 0 Å². The van der Waals surface area contributed by atoms with Crippen LogP contribution in [0.15, 0.2) is 30.3 Å². The lowest BCUT2D eigenvalue weighted by atomic mass is 9.97. The molecule has 0 heterocycles. The molecule has 0 unspecified atom stereocenters. The first-order valence-corrected chi connectivity index (χ1v) is 7.34. The lowest BCUT2D eigenvalue weighted by Gasteiger charge is -2.16. The van der Waals surface area contributed by atoms with Crippen LogP contribution >= 0.6 is 0 Å². The second kappa shape index (κ2) is 6.52. The van der Waals surface area contributed by atoms with E-state index in [9.17, 15) is 9.59 Å². The molecule has 1 amide bonds. The van der Waals surface area contributed by atoms with Crippen LogP contribution in [0, 0.1) is 13.8 Å². The van der Waals surface area contributed by atoms with Gasteiger partial charge >= 0.3 is 0 Å². The van der Waals surface area contributed by atoms with Crippen molar-refractivity contribution >= 4 is 28.8 Å². The van der Waals surface area contributed by atoms with Crippen LogP contribution in [0.3, 0.4) is 0 Å². The smallest absolute Gasteiger partial charge is 0.231 e. The molecule has 120 valence electrons. The number of hydrogen-bond donors (Lipinski definition) is 3. The molecule has 2 aromatic carbocycles. The predicted octanol–water partition coefficient (Wildman–Crippen LogP) is 3.05. The number of hydrogen-bond acceptors (Lipinski definition) is 4. The van der Waals surface area contributed by atoms with E-state index in [1.165, 1.54) is 6.92 Å². The summed E-state index contributed by atoms with van der Waals surface area (Å²) < 4.78 is 0. The van der Waals surface area contributed by atoms with Crippen LogP contribution in [0.5, 0.6) is 0 Å². The van der Waals surface area contributed by atoms with E-state index >= 15 is 0 Å². The fourth-order valence-electron chi connectivity index (χ4n) is 2.38. The van der Waals surface area contributed by atoms with E-state index in [0.717, 1.165) is 22.3 Å². The van der Waals surface area contributed by atoms with Crippen LogP contribution in [0.1, 0.15) is 24.5 Å². The van der Waals surface area contributed by atoms with Gasteiger partial charge in [0.25, 0.3) is 0 Å². The Morgan fingerprint density at radius 3 is 2.30 bits per heavy atom. The fraction of sp³-hybridized carbons (Fsp3) is 0.222. The molecule has 0 atom stereocenters. The van der Waals surface area contributed by atoms with Crippen molar-refractivity contribution in [3.63, 3.8) is 0 Å². The van der Waals surface area contributed by atoms with Crippen LogP contribution in [0.2, 0.25) is 0 Å². The number of aryl methyl sites for hydroxylation is 1. The van der Waals surface area contributed by atoms with Crippen molar-refractivity contribution in [1.29, 1.82) is 0 Å². The Hall–Kier alpha value is -2.82. The van der Waals surface area contributed by atoms with Crippen molar-refractivity contribution in [2.75, 3.05) is 16.8 Å². The van der Waals surface area contributed by atoms with Crippen LogP contribution < -0.4 is 16.8 Å². The minimum atomic E-state index is -0.348. The molecule has 5 heteroatoms. The number of amides is 1. The van der Waals surface area contributed by atoms with Crippen LogP contribution in [0.25, 0.3) is 11.1 Å². The Kier molecular flexibility index (Phi) is 4.69. The summed E-state index contributed by atoms with van der Waals surface area (Å²) in [4.78, 5) is 23.1.